The normalized spacial score (nSPS) is 11.9. The summed E-state index contributed by atoms with van der Waals surface area (Å²) >= 11 is 5.78. The van der Waals surface area contributed by atoms with E-state index < -0.39 is 0 Å². The molecule has 0 aromatic heterocycles. The smallest absolute Gasteiger partial charge is 0.251 e. The Morgan fingerprint density at radius 1 is 0.875 bits per heavy atom. The van der Waals surface area contributed by atoms with Gasteiger partial charge in [0.25, 0.3) is 11.8 Å². The van der Waals surface area contributed by atoms with Gasteiger partial charge in [-0.05, 0) is 42.5 Å². The van der Waals surface area contributed by atoms with Crippen molar-refractivity contribution in [3.63, 3.8) is 0 Å². The van der Waals surface area contributed by atoms with Crippen LogP contribution >= 0.6 is 11.6 Å². The zero-order valence-electron chi connectivity index (χ0n) is 12.7. The summed E-state index contributed by atoms with van der Waals surface area (Å²) in [4.78, 5) is 24.0. The van der Waals surface area contributed by atoms with Crippen molar-refractivity contribution >= 4 is 23.4 Å². The Morgan fingerprint density at radius 2 is 1.46 bits per heavy atom. The predicted octanol–water partition coefficient (Wildman–Crippen LogP) is 2.23. The average molecular weight is 347 g/mol. The number of nitrogens with one attached hydrogen (secondary N) is 2. The third-order valence-corrected chi connectivity index (χ3v) is 3.69. The van der Waals surface area contributed by atoms with E-state index in [1.807, 2.05) is 0 Å². The highest BCUT2D eigenvalue weighted by Gasteiger charge is 2.16. The molecule has 0 atom stereocenters. The van der Waals surface area contributed by atoms with Gasteiger partial charge in [0.1, 0.15) is 0 Å². The van der Waals surface area contributed by atoms with Gasteiger partial charge in [-0.15, -0.1) is 0 Å². The number of benzene rings is 2. The zero-order chi connectivity index (χ0) is 16.9. The minimum Gasteiger partial charge on any atom is -0.454 e. The van der Waals surface area contributed by atoms with Crippen molar-refractivity contribution in [3.8, 4) is 11.5 Å². The molecule has 1 aliphatic heterocycles. The van der Waals surface area contributed by atoms with E-state index in [0.29, 0.717) is 40.7 Å². The van der Waals surface area contributed by atoms with E-state index in [9.17, 15) is 9.59 Å². The molecule has 1 aliphatic rings. The molecule has 6 nitrogen and oxygen atoms in total. The monoisotopic (exact) mass is 346 g/mol. The molecule has 2 amide bonds. The van der Waals surface area contributed by atoms with Crippen molar-refractivity contribution in [2.75, 3.05) is 19.9 Å². The summed E-state index contributed by atoms with van der Waals surface area (Å²) in [5.41, 5.74) is 0.991. The third-order valence-electron chi connectivity index (χ3n) is 3.44. The van der Waals surface area contributed by atoms with Crippen molar-refractivity contribution in [1.29, 1.82) is 0 Å². The Balaban J connectivity index is 1.45. The lowest BCUT2D eigenvalue weighted by Gasteiger charge is -2.08. The van der Waals surface area contributed by atoms with Crippen LogP contribution in [0.2, 0.25) is 5.02 Å². The maximum atomic E-state index is 12.1. The standard InChI is InChI=1S/C17H15ClN2O4/c18-13-4-1-11(2-5-13)16(21)19-7-8-20-17(22)12-3-6-14-15(9-12)24-10-23-14/h1-6,9H,7-8,10H2,(H,19,21)(H,20,22). The van der Waals surface area contributed by atoms with E-state index in [0.717, 1.165) is 0 Å². The van der Waals surface area contributed by atoms with Crippen molar-refractivity contribution in [1.82, 2.24) is 10.6 Å². The molecule has 7 heteroatoms. The maximum absolute atomic E-state index is 12.1. The van der Waals surface area contributed by atoms with E-state index in [1.54, 1.807) is 42.5 Å². The highest BCUT2D eigenvalue weighted by atomic mass is 35.5. The van der Waals surface area contributed by atoms with Crippen LogP contribution in [-0.2, 0) is 0 Å². The van der Waals surface area contributed by atoms with Crippen LogP contribution in [0.15, 0.2) is 42.5 Å². The molecule has 2 N–H and O–H groups in total. The van der Waals surface area contributed by atoms with E-state index in [4.69, 9.17) is 21.1 Å². The van der Waals surface area contributed by atoms with Gasteiger partial charge in [0.2, 0.25) is 6.79 Å². The molecular formula is C17H15ClN2O4. The molecule has 24 heavy (non-hydrogen) atoms. The highest BCUT2D eigenvalue weighted by molar-refractivity contribution is 6.30. The number of hydrogen-bond donors (Lipinski definition) is 2. The molecule has 0 radical (unpaired) electrons. The summed E-state index contributed by atoms with van der Waals surface area (Å²) in [5.74, 6) is 0.721. The molecule has 0 fully saturated rings. The van der Waals surface area contributed by atoms with Gasteiger partial charge in [0, 0.05) is 29.2 Å². The van der Waals surface area contributed by atoms with E-state index in [2.05, 4.69) is 10.6 Å². The Hall–Kier alpha value is -2.73. The van der Waals surface area contributed by atoms with Crippen molar-refractivity contribution in [2.24, 2.45) is 0 Å². The zero-order valence-corrected chi connectivity index (χ0v) is 13.4. The summed E-state index contributed by atoms with van der Waals surface area (Å²) in [7, 11) is 0. The molecule has 0 unspecified atom stereocenters. The molecular weight excluding hydrogens is 332 g/mol. The van der Waals surface area contributed by atoms with E-state index >= 15 is 0 Å². The lowest BCUT2D eigenvalue weighted by molar-refractivity contribution is 0.0927. The number of carbonyl (C=O) groups excluding carboxylic acids is 2. The van der Waals surface area contributed by atoms with Gasteiger partial charge in [-0.1, -0.05) is 11.6 Å². The fraction of sp³-hybridized carbons (Fsp3) is 0.176. The molecule has 2 aromatic carbocycles. The summed E-state index contributed by atoms with van der Waals surface area (Å²) in [6.07, 6.45) is 0. The van der Waals surface area contributed by atoms with Gasteiger partial charge in [-0.2, -0.15) is 0 Å². The number of hydrogen-bond acceptors (Lipinski definition) is 4. The van der Waals surface area contributed by atoms with Crippen molar-refractivity contribution < 1.29 is 19.1 Å². The van der Waals surface area contributed by atoms with Gasteiger partial charge >= 0.3 is 0 Å². The largest absolute Gasteiger partial charge is 0.454 e. The second kappa shape index (κ2) is 7.23. The lowest BCUT2D eigenvalue weighted by atomic mass is 10.2. The highest BCUT2D eigenvalue weighted by Crippen LogP contribution is 2.32. The molecule has 0 aliphatic carbocycles. The Labute approximate surface area is 143 Å². The van der Waals surface area contributed by atoms with Gasteiger partial charge in [0.05, 0.1) is 0 Å². The molecule has 0 spiro atoms. The molecule has 3 rings (SSSR count). The van der Waals surface area contributed by atoms with E-state index in [-0.39, 0.29) is 18.6 Å². The predicted molar refractivity (Wildman–Crippen MR) is 88.7 cm³/mol. The van der Waals surface area contributed by atoms with Crippen LogP contribution in [-0.4, -0.2) is 31.7 Å². The first-order valence-electron chi connectivity index (χ1n) is 7.35. The summed E-state index contributed by atoms with van der Waals surface area (Å²) in [6.45, 7) is 0.793. The number of carbonyl (C=O) groups is 2. The second-order valence-corrected chi connectivity index (χ2v) is 5.52. The lowest BCUT2D eigenvalue weighted by Crippen LogP contribution is -2.34. The number of ether oxygens (including phenoxy) is 2. The fourth-order valence-corrected chi connectivity index (χ4v) is 2.32. The molecule has 0 bridgehead atoms. The van der Waals surface area contributed by atoms with Crippen LogP contribution in [0, 0.1) is 0 Å². The van der Waals surface area contributed by atoms with E-state index in [1.165, 1.54) is 0 Å². The minimum atomic E-state index is -0.242. The van der Waals surface area contributed by atoms with Crippen LogP contribution in [0.25, 0.3) is 0 Å². The number of fused-ring (bicyclic) bond motifs is 1. The van der Waals surface area contributed by atoms with Gasteiger partial charge < -0.3 is 20.1 Å². The van der Waals surface area contributed by atoms with Crippen LogP contribution in [0.3, 0.4) is 0 Å². The fourth-order valence-electron chi connectivity index (χ4n) is 2.20. The first-order valence-corrected chi connectivity index (χ1v) is 7.73. The Kier molecular flexibility index (Phi) is 4.86. The third kappa shape index (κ3) is 3.78. The number of rotatable bonds is 5. The van der Waals surface area contributed by atoms with Crippen LogP contribution in [0.5, 0.6) is 11.5 Å². The van der Waals surface area contributed by atoms with Crippen LogP contribution in [0.4, 0.5) is 0 Å². The van der Waals surface area contributed by atoms with Crippen molar-refractivity contribution in [2.45, 2.75) is 0 Å². The maximum Gasteiger partial charge on any atom is 0.251 e. The molecule has 0 saturated carbocycles. The summed E-state index contributed by atoms with van der Waals surface area (Å²) < 4.78 is 10.4. The average Bonchev–Trinajstić information content (AvgIpc) is 3.06. The number of amides is 2. The Bertz CT molecular complexity index is 762. The summed E-state index contributed by atoms with van der Waals surface area (Å²) in [5, 5.41) is 6.03. The Morgan fingerprint density at radius 3 is 2.17 bits per heavy atom. The minimum absolute atomic E-state index is 0.164. The summed E-state index contributed by atoms with van der Waals surface area (Å²) in [6, 6.07) is 11.6. The first-order chi connectivity index (χ1) is 11.6. The van der Waals surface area contributed by atoms with Gasteiger partial charge in [-0.25, -0.2) is 0 Å². The van der Waals surface area contributed by atoms with Crippen LogP contribution in [0.1, 0.15) is 20.7 Å². The molecule has 1 heterocycles. The van der Waals surface area contributed by atoms with Crippen LogP contribution < -0.4 is 20.1 Å². The molecule has 0 saturated heterocycles. The van der Waals surface area contributed by atoms with Gasteiger partial charge in [-0.3, -0.25) is 9.59 Å². The topological polar surface area (TPSA) is 76.7 Å². The van der Waals surface area contributed by atoms with Crippen molar-refractivity contribution in [3.05, 3.63) is 58.6 Å². The molecule has 124 valence electrons. The number of halogens is 1. The quantitative estimate of drug-likeness (QED) is 0.814. The molecule has 2 aromatic rings. The van der Waals surface area contributed by atoms with Gasteiger partial charge in [0.15, 0.2) is 11.5 Å². The SMILES string of the molecule is O=C(NCCNC(=O)c1ccc2c(c1)OCO2)c1ccc(Cl)cc1. The second-order valence-electron chi connectivity index (χ2n) is 5.09. The first kappa shape index (κ1) is 16.1.